The summed E-state index contributed by atoms with van der Waals surface area (Å²) in [5.41, 5.74) is 10.1. The molecule has 0 atom stereocenters. The molecule has 0 unspecified atom stereocenters. The third-order valence-electron chi connectivity index (χ3n) is 3.27. The van der Waals surface area contributed by atoms with Gasteiger partial charge in [-0.2, -0.15) is 5.10 Å². The number of para-hydroxylation sites is 1. The number of nitrogens with zero attached hydrogens (tertiary/aromatic N) is 1. The molecule has 0 radical (unpaired) electrons. The summed E-state index contributed by atoms with van der Waals surface area (Å²) in [6.45, 7) is 8.32. The molecule has 0 saturated carbocycles. The Bertz CT molecular complexity index is 612. The smallest absolute Gasteiger partial charge is 0.0651 e. The molecule has 2 rings (SSSR count). The van der Waals surface area contributed by atoms with Crippen LogP contribution in [0.2, 0.25) is 0 Å². The van der Waals surface area contributed by atoms with Gasteiger partial charge in [0.1, 0.15) is 0 Å². The van der Waals surface area contributed by atoms with Crippen molar-refractivity contribution in [3.63, 3.8) is 0 Å². The highest BCUT2D eigenvalue weighted by Gasteiger charge is 2.03. The van der Waals surface area contributed by atoms with Crippen LogP contribution in [0.5, 0.6) is 0 Å². The van der Waals surface area contributed by atoms with Gasteiger partial charge < -0.3 is 0 Å². The molecule has 2 aromatic rings. The zero-order valence-corrected chi connectivity index (χ0v) is 12.0. The summed E-state index contributed by atoms with van der Waals surface area (Å²) in [7, 11) is 0. The van der Waals surface area contributed by atoms with E-state index in [0.29, 0.717) is 0 Å². The molecule has 2 nitrogen and oxygen atoms in total. The summed E-state index contributed by atoms with van der Waals surface area (Å²) < 4.78 is 0. The van der Waals surface area contributed by atoms with E-state index >= 15 is 0 Å². The Morgan fingerprint density at radius 1 is 0.947 bits per heavy atom. The molecule has 0 heterocycles. The summed E-state index contributed by atoms with van der Waals surface area (Å²) in [6.07, 6.45) is 0. The number of benzene rings is 2. The van der Waals surface area contributed by atoms with Crippen molar-refractivity contribution in [2.75, 3.05) is 5.43 Å². The fourth-order valence-corrected chi connectivity index (χ4v) is 2.03. The van der Waals surface area contributed by atoms with E-state index < -0.39 is 0 Å². The lowest BCUT2D eigenvalue weighted by Gasteiger charge is -2.09. The number of nitrogens with one attached hydrogen (secondary N) is 1. The van der Waals surface area contributed by atoms with Crippen LogP contribution in [-0.4, -0.2) is 5.71 Å². The van der Waals surface area contributed by atoms with E-state index in [1.807, 2.05) is 25.1 Å². The van der Waals surface area contributed by atoms with Crippen LogP contribution in [0.4, 0.5) is 5.69 Å². The molecule has 0 saturated heterocycles. The van der Waals surface area contributed by atoms with E-state index in [0.717, 1.165) is 11.4 Å². The van der Waals surface area contributed by atoms with Crippen molar-refractivity contribution in [1.29, 1.82) is 0 Å². The Hall–Kier alpha value is -2.09. The Kier molecular flexibility index (Phi) is 4.00. The second-order valence-electron chi connectivity index (χ2n) is 4.94. The third kappa shape index (κ3) is 3.22. The van der Waals surface area contributed by atoms with Crippen LogP contribution in [0.1, 0.15) is 29.2 Å². The van der Waals surface area contributed by atoms with Gasteiger partial charge in [0.15, 0.2) is 0 Å². The first kappa shape index (κ1) is 13.3. The summed E-state index contributed by atoms with van der Waals surface area (Å²) >= 11 is 0. The quantitative estimate of drug-likeness (QED) is 0.633. The van der Waals surface area contributed by atoms with Gasteiger partial charge in [0.05, 0.1) is 11.4 Å². The topological polar surface area (TPSA) is 24.4 Å². The lowest BCUT2D eigenvalue weighted by Crippen LogP contribution is -2.03. The Morgan fingerprint density at radius 2 is 1.68 bits per heavy atom. The van der Waals surface area contributed by atoms with Gasteiger partial charge in [-0.3, -0.25) is 5.43 Å². The minimum absolute atomic E-state index is 1.00. The van der Waals surface area contributed by atoms with E-state index in [1.165, 1.54) is 22.3 Å². The molecule has 19 heavy (non-hydrogen) atoms. The Balaban J connectivity index is 2.24. The van der Waals surface area contributed by atoms with Crippen LogP contribution >= 0.6 is 0 Å². The molecule has 2 heteroatoms. The molecule has 1 N–H and O–H groups in total. The Morgan fingerprint density at radius 3 is 2.42 bits per heavy atom. The van der Waals surface area contributed by atoms with Crippen LogP contribution in [0.15, 0.2) is 47.6 Å². The number of hydrogen-bond donors (Lipinski definition) is 1. The molecular formula is C17H20N2. The maximum absolute atomic E-state index is 4.49. The molecule has 0 bridgehead atoms. The van der Waals surface area contributed by atoms with Gasteiger partial charge in [-0.1, -0.05) is 35.9 Å². The highest BCUT2D eigenvalue weighted by Crippen LogP contribution is 2.15. The van der Waals surface area contributed by atoms with E-state index in [2.05, 4.69) is 55.6 Å². The van der Waals surface area contributed by atoms with E-state index in [-0.39, 0.29) is 0 Å². The predicted molar refractivity (Wildman–Crippen MR) is 82.9 cm³/mol. The Labute approximate surface area is 115 Å². The van der Waals surface area contributed by atoms with Crippen molar-refractivity contribution in [1.82, 2.24) is 0 Å². The molecule has 0 spiro atoms. The fraction of sp³-hybridized carbons (Fsp3) is 0.235. The van der Waals surface area contributed by atoms with Crippen LogP contribution in [-0.2, 0) is 0 Å². The highest BCUT2D eigenvalue weighted by molar-refractivity contribution is 6.00. The first-order valence-corrected chi connectivity index (χ1v) is 6.51. The van der Waals surface area contributed by atoms with Gasteiger partial charge in [0.2, 0.25) is 0 Å². The lowest BCUT2D eigenvalue weighted by molar-refractivity contribution is 1.28. The maximum atomic E-state index is 4.49. The summed E-state index contributed by atoms with van der Waals surface area (Å²) in [5.74, 6) is 0. The second kappa shape index (κ2) is 5.70. The largest absolute Gasteiger partial charge is 0.278 e. The van der Waals surface area contributed by atoms with Gasteiger partial charge in [0.25, 0.3) is 0 Å². The van der Waals surface area contributed by atoms with Crippen LogP contribution in [0.3, 0.4) is 0 Å². The van der Waals surface area contributed by atoms with Crippen LogP contribution in [0, 0.1) is 20.8 Å². The third-order valence-corrected chi connectivity index (χ3v) is 3.27. The summed E-state index contributed by atoms with van der Waals surface area (Å²) in [5, 5.41) is 4.49. The van der Waals surface area contributed by atoms with E-state index in [1.54, 1.807) is 0 Å². The zero-order chi connectivity index (χ0) is 13.8. The second-order valence-corrected chi connectivity index (χ2v) is 4.94. The average molecular weight is 252 g/mol. The minimum atomic E-state index is 1.00. The average Bonchev–Trinajstić information content (AvgIpc) is 2.40. The number of hydrogen-bond acceptors (Lipinski definition) is 2. The maximum Gasteiger partial charge on any atom is 0.0651 e. The van der Waals surface area contributed by atoms with Crippen molar-refractivity contribution >= 4 is 11.4 Å². The van der Waals surface area contributed by atoms with Gasteiger partial charge >= 0.3 is 0 Å². The van der Waals surface area contributed by atoms with Gasteiger partial charge in [-0.25, -0.2) is 0 Å². The summed E-state index contributed by atoms with van der Waals surface area (Å²) in [6, 6.07) is 14.6. The standard InChI is InChI=1S/C17H20N2/c1-12-9-10-13(2)16(11-12)15(4)18-19-17-8-6-5-7-14(17)3/h5-11,19H,1-4H3/b18-15-. The molecule has 98 valence electrons. The first-order chi connectivity index (χ1) is 9.08. The number of anilines is 1. The molecule has 2 aromatic carbocycles. The molecule has 0 amide bonds. The van der Waals surface area contributed by atoms with Crippen molar-refractivity contribution < 1.29 is 0 Å². The van der Waals surface area contributed by atoms with Crippen molar-refractivity contribution in [2.24, 2.45) is 5.10 Å². The van der Waals surface area contributed by atoms with E-state index in [9.17, 15) is 0 Å². The van der Waals surface area contributed by atoms with Crippen molar-refractivity contribution in [3.8, 4) is 0 Å². The normalized spacial score (nSPS) is 11.5. The first-order valence-electron chi connectivity index (χ1n) is 6.51. The number of aryl methyl sites for hydroxylation is 3. The number of rotatable bonds is 3. The van der Waals surface area contributed by atoms with Gasteiger partial charge in [-0.15, -0.1) is 0 Å². The highest BCUT2D eigenvalue weighted by atomic mass is 15.3. The predicted octanol–water partition coefficient (Wildman–Crippen LogP) is 4.45. The monoisotopic (exact) mass is 252 g/mol. The number of hydrazone groups is 1. The van der Waals surface area contributed by atoms with Crippen molar-refractivity contribution in [3.05, 3.63) is 64.7 Å². The van der Waals surface area contributed by atoms with Crippen LogP contribution < -0.4 is 5.43 Å². The lowest BCUT2D eigenvalue weighted by atomic mass is 10.0. The molecule has 0 aromatic heterocycles. The molecule has 0 fully saturated rings. The molecular weight excluding hydrogens is 232 g/mol. The SMILES string of the molecule is C/C(=N/Nc1ccccc1C)c1cc(C)ccc1C. The molecule has 0 aliphatic heterocycles. The fourth-order valence-electron chi connectivity index (χ4n) is 2.03. The molecule has 0 aliphatic rings. The van der Waals surface area contributed by atoms with E-state index in [4.69, 9.17) is 0 Å². The van der Waals surface area contributed by atoms with Crippen LogP contribution in [0.25, 0.3) is 0 Å². The zero-order valence-electron chi connectivity index (χ0n) is 12.0. The minimum Gasteiger partial charge on any atom is -0.278 e. The summed E-state index contributed by atoms with van der Waals surface area (Å²) in [4.78, 5) is 0. The van der Waals surface area contributed by atoms with Gasteiger partial charge in [0, 0.05) is 5.56 Å². The van der Waals surface area contributed by atoms with Crippen molar-refractivity contribution in [2.45, 2.75) is 27.7 Å². The molecule has 0 aliphatic carbocycles. The van der Waals surface area contributed by atoms with Gasteiger partial charge in [-0.05, 0) is 51.0 Å².